The Labute approximate surface area is 140 Å². The van der Waals surface area contributed by atoms with Crippen molar-refractivity contribution < 1.29 is 4.74 Å². The van der Waals surface area contributed by atoms with Crippen LogP contribution in [0.15, 0.2) is 47.8 Å². The van der Waals surface area contributed by atoms with Crippen LogP contribution in [0.3, 0.4) is 0 Å². The van der Waals surface area contributed by atoms with Gasteiger partial charge in [0.2, 0.25) is 0 Å². The highest BCUT2D eigenvalue weighted by atomic mass is 32.1. The first kappa shape index (κ1) is 14.1. The minimum Gasteiger partial charge on any atom is -0.497 e. The number of nitrogens with one attached hydrogen (secondary N) is 1. The van der Waals surface area contributed by atoms with Crippen LogP contribution >= 0.6 is 23.1 Å². The summed E-state index contributed by atoms with van der Waals surface area (Å²) in [5.41, 5.74) is 4.78. The third kappa shape index (κ3) is 2.88. The number of aromatic nitrogens is 3. The van der Waals surface area contributed by atoms with Crippen LogP contribution in [0.4, 0.5) is 10.8 Å². The van der Waals surface area contributed by atoms with Crippen LogP contribution in [0, 0.1) is 0 Å². The van der Waals surface area contributed by atoms with Crippen molar-refractivity contribution in [3.8, 4) is 17.0 Å². The molecule has 0 aliphatic heterocycles. The second kappa shape index (κ2) is 5.94. The lowest BCUT2D eigenvalue weighted by molar-refractivity contribution is 0.415. The fraction of sp³-hybridized carbons (Fsp3) is 0.0625. The molecule has 0 saturated heterocycles. The average molecular weight is 340 g/mol. The Bertz CT molecular complexity index is 946. The number of ether oxygens (including phenoxy) is 1. The summed E-state index contributed by atoms with van der Waals surface area (Å²) in [5, 5.41) is 6.19. The maximum Gasteiger partial charge on any atom is 0.187 e. The Hall–Kier alpha value is -2.51. The van der Waals surface area contributed by atoms with Crippen molar-refractivity contribution in [3.05, 3.63) is 47.8 Å². The molecule has 0 aliphatic carbocycles. The molecule has 5 nitrogen and oxygen atoms in total. The Morgan fingerprint density at radius 1 is 1.00 bits per heavy atom. The summed E-state index contributed by atoms with van der Waals surface area (Å²) < 4.78 is 13.7. The zero-order valence-corrected chi connectivity index (χ0v) is 13.8. The molecule has 2 aromatic carbocycles. The first-order valence-electron chi connectivity index (χ1n) is 6.91. The van der Waals surface area contributed by atoms with Gasteiger partial charge in [-0.15, -0.1) is 11.3 Å². The lowest BCUT2D eigenvalue weighted by Gasteiger charge is -2.04. The van der Waals surface area contributed by atoms with Crippen LogP contribution in [0.1, 0.15) is 0 Å². The number of nitrogens with zero attached hydrogens (tertiary/aromatic N) is 3. The maximum atomic E-state index is 5.16. The predicted octanol–water partition coefficient (Wildman–Crippen LogP) is 4.57. The van der Waals surface area contributed by atoms with Gasteiger partial charge in [0.25, 0.3) is 0 Å². The normalized spacial score (nSPS) is 10.8. The topological polar surface area (TPSA) is 59.9 Å². The van der Waals surface area contributed by atoms with Gasteiger partial charge in [0.15, 0.2) is 5.13 Å². The van der Waals surface area contributed by atoms with Gasteiger partial charge in [-0.2, -0.15) is 8.75 Å². The number of anilines is 2. The maximum absolute atomic E-state index is 5.16. The van der Waals surface area contributed by atoms with E-state index in [1.807, 2.05) is 47.8 Å². The third-order valence-electron chi connectivity index (χ3n) is 3.39. The average Bonchev–Trinajstić information content (AvgIpc) is 3.23. The SMILES string of the molecule is COc1ccc(Nc2nc(-c3ccc4nsnc4c3)cs2)cc1. The largest absolute Gasteiger partial charge is 0.497 e. The second-order valence-corrected chi connectivity index (χ2v) is 6.25. The Morgan fingerprint density at radius 2 is 1.83 bits per heavy atom. The number of thiazole rings is 1. The summed E-state index contributed by atoms with van der Waals surface area (Å²) in [5.74, 6) is 0.834. The van der Waals surface area contributed by atoms with Crippen LogP contribution in [-0.4, -0.2) is 20.8 Å². The molecular formula is C16H12N4OS2. The molecule has 2 heterocycles. The molecule has 114 valence electrons. The molecule has 2 aromatic heterocycles. The van der Waals surface area contributed by atoms with E-state index < -0.39 is 0 Å². The van der Waals surface area contributed by atoms with E-state index in [2.05, 4.69) is 19.0 Å². The highest BCUT2D eigenvalue weighted by Gasteiger charge is 2.07. The molecule has 0 radical (unpaired) electrons. The van der Waals surface area contributed by atoms with Gasteiger partial charge in [0, 0.05) is 16.6 Å². The van der Waals surface area contributed by atoms with E-state index in [4.69, 9.17) is 4.74 Å². The molecule has 0 amide bonds. The standard InChI is InChI=1S/C16H12N4OS2/c1-21-12-5-3-11(4-6-12)17-16-18-15(9-22-16)10-2-7-13-14(8-10)20-23-19-13/h2-9H,1H3,(H,17,18). The number of rotatable bonds is 4. The smallest absolute Gasteiger partial charge is 0.187 e. The predicted molar refractivity (Wildman–Crippen MR) is 94.8 cm³/mol. The zero-order chi connectivity index (χ0) is 15.6. The summed E-state index contributed by atoms with van der Waals surface area (Å²) in [6, 6.07) is 13.8. The van der Waals surface area contributed by atoms with Crippen molar-refractivity contribution in [2.24, 2.45) is 0 Å². The third-order valence-corrected chi connectivity index (χ3v) is 4.71. The van der Waals surface area contributed by atoms with E-state index in [-0.39, 0.29) is 0 Å². The van der Waals surface area contributed by atoms with Gasteiger partial charge in [-0.3, -0.25) is 0 Å². The van der Waals surface area contributed by atoms with Gasteiger partial charge in [0.1, 0.15) is 16.8 Å². The minimum atomic E-state index is 0.834. The van der Waals surface area contributed by atoms with Crippen LogP contribution in [0.25, 0.3) is 22.3 Å². The van der Waals surface area contributed by atoms with E-state index in [1.165, 1.54) is 11.7 Å². The second-order valence-electron chi connectivity index (χ2n) is 4.86. The molecule has 1 N–H and O–H groups in total. The summed E-state index contributed by atoms with van der Waals surface area (Å²) in [6.45, 7) is 0. The first-order valence-corrected chi connectivity index (χ1v) is 8.52. The molecule has 0 saturated carbocycles. The number of hydrogen-bond donors (Lipinski definition) is 1. The fourth-order valence-corrected chi connectivity index (χ4v) is 3.46. The monoisotopic (exact) mass is 340 g/mol. The van der Waals surface area contributed by atoms with Gasteiger partial charge >= 0.3 is 0 Å². The molecule has 23 heavy (non-hydrogen) atoms. The van der Waals surface area contributed by atoms with Gasteiger partial charge in [-0.25, -0.2) is 4.98 Å². The molecule has 0 unspecified atom stereocenters. The summed E-state index contributed by atoms with van der Waals surface area (Å²) >= 11 is 2.80. The molecule has 0 atom stereocenters. The molecule has 7 heteroatoms. The molecule has 0 spiro atoms. The molecular weight excluding hydrogens is 328 g/mol. The highest BCUT2D eigenvalue weighted by Crippen LogP contribution is 2.29. The Balaban J connectivity index is 1.57. The number of methoxy groups -OCH3 is 1. The van der Waals surface area contributed by atoms with Crippen LogP contribution in [0.5, 0.6) is 5.75 Å². The Kier molecular flexibility index (Phi) is 3.64. The van der Waals surface area contributed by atoms with Crippen LogP contribution in [0.2, 0.25) is 0 Å². The number of benzene rings is 2. The van der Waals surface area contributed by atoms with Crippen molar-refractivity contribution >= 4 is 44.9 Å². The van der Waals surface area contributed by atoms with E-state index in [9.17, 15) is 0 Å². The number of fused-ring (bicyclic) bond motifs is 1. The van der Waals surface area contributed by atoms with Gasteiger partial charge in [-0.1, -0.05) is 6.07 Å². The van der Waals surface area contributed by atoms with Crippen LogP contribution in [-0.2, 0) is 0 Å². The summed E-state index contributed by atoms with van der Waals surface area (Å²) in [7, 11) is 1.66. The van der Waals surface area contributed by atoms with Gasteiger partial charge in [0.05, 0.1) is 24.5 Å². The quantitative estimate of drug-likeness (QED) is 0.590. The zero-order valence-electron chi connectivity index (χ0n) is 12.2. The van der Waals surface area contributed by atoms with Crippen molar-refractivity contribution in [2.75, 3.05) is 12.4 Å². The van der Waals surface area contributed by atoms with Gasteiger partial charge < -0.3 is 10.1 Å². The lowest BCUT2D eigenvalue weighted by atomic mass is 10.1. The molecule has 4 aromatic rings. The summed E-state index contributed by atoms with van der Waals surface area (Å²) in [4.78, 5) is 4.64. The molecule has 0 bridgehead atoms. The van der Waals surface area contributed by atoms with Crippen molar-refractivity contribution in [2.45, 2.75) is 0 Å². The highest BCUT2D eigenvalue weighted by molar-refractivity contribution is 7.14. The minimum absolute atomic E-state index is 0.834. The Morgan fingerprint density at radius 3 is 2.65 bits per heavy atom. The fourth-order valence-electron chi connectivity index (χ4n) is 2.20. The summed E-state index contributed by atoms with van der Waals surface area (Å²) in [6.07, 6.45) is 0. The van der Waals surface area contributed by atoms with E-state index in [0.29, 0.717) is 0 Å². The van der Waals surface area contributed by atoms with Gasteiger partial charge in [-0.05, 0) is 36.4 Å². The van der Waals surface area contributed by atoms with E-state index >= 15 is 0 Å². The van der Waals surface area contributed by atoms with Crippen molar-refractivity contribution in [1.82, 2.24) is 13.7 Å². The number of hydrogen-bond acceptors (Lipinski definition) is 7. The molecule has 4 rings (SSSR count). The van der Waals surface area contributed by atoms with E-state index in [0.717, 1.165) is 38.9 Å². The molecule has 0 aliphatic rings. The lowest BCUT2D eigenvalue weighted by Crippen LogP contribution is -1.90. The van der Waals surface area contributed by atoms with Crippen molar-refractivity contribution in [1.29, 1.82) is 0 Å². The van der Waals surface area contributed by atoms with Crippen LogP contribution < -0.4 is 10.1 Å². The first-order chi connectivity index (χ1) is 11.3. The molecule has 0 fully saturated rings. The van der Waals surface area contributed by atoms with E-state index in [1.54, 1.807) is 18.4 Å². The van der Waals surface area contributed by atoms with Crippen molar-refractivity contribution in [3.63, 3.8) is 0 Å².